The summed E-state index contributed by atoms with van der Waals surface area (Å²) in [6, 6.07) is 0. The van der Waals surface area contributed by atoms with E-state index in [4.69, 9.17) is 23.7 Å². The van der Waals surface area contributed by atoms with Gasteiger partial charge in [-0.2, -0.15) is 0 Å². The monoisotopic (exact) mass is 578 g/mol. The normalized spacial score (nSPS) is 32.4. The second-order valence-electron chi connectivity index (χ2n) is 12.4. The zero-order valence-electron chi connectivity index (χ0n) is 25.5. The van der Waals surface area contributed by atoms with Crippen LogP contribution in [0.1, 0.15) is 84.5 Å². The van der Waals surface area contributed by atoms with Crippen molar-refractivity contribution in [2.45, 2.75) is 109 Å². The van der Waals surface area contributed by atoms with E-state index in [2.05, 4.69) is 36.8 Å². The van der Waals surface area contributed by atoms with Gasteiger partial charge in [0.15, 0.2) is 12.6 Å². The van der Waals surface area contributed by atoms with Gasteiger partial charge in [-0.15, -0.1) is 0 Å². The van der Waals surface area contributed by atoms with Crippen LogP contribution in [0.5, 0.6) is 0 Å². The third-order valence-electron chi connectivity index (χ3n) is 9.40. The molecule has 1 saturated carbocycles. The first kappa shape index (κ1) is 32.6. The lowest BCUT2D eigenvalue weighted by atomic mass is 9.86. The number of aliphatic hydroxyl groups excluding tert-OH is 1. The van der Waals surface area contributed by atoms with Crippen molar-refractivity contribution in [2.24, 2.45) is 29.6 Å². The molecule has 0 aromatic heterocycles. The molecule has 4 rings (SSSR count). The molecule has 1 N–H and O–H groups in total. The van der Waals surface area contributed by atoms with Gasteiger partial charge in [0.05, 0.1) is 32.5 Å². The molecule has 2 aliphatic heterocycles. The summed E-state index contributed by atoms with van der Waals surface area (Å²) in [7, 11) is 1.35. The van der Waals surface area contributed by atoms with Gasteiger partial charge in [0.25, 0.3) is 0 Å². The Hall–Kier alpha value is -1.29. The van der Waals surface area contributed by atoms with Crippen molar-refractivity contribution in [3.05, 3.63) is 23.8 Å². The number of esters is 1. The third-order valence-corrected chi connectivity index (χ3v) is 9.40. The Balaban J connectivity index is 1.47. The summed E-state index contributed by atoms with van der Waals surface area (Å²) in [5.41, 5.74) is 1.22. The van der Waals surface area contributed by atoms with E-state index in [0.29, 0.717) is 24.4 Å². The summed E-state index contributed by atoms with van der Waals surface area (Å²) in [6.07, 6.45) is 18.6. The third kappa shape index (κ3) is 9.60. The van der Waals surface area contributed by atoms with E-state index < -0.39 is 5.97 Å². The van der Waals surface area contributed by atoms with Crippen molar-refractivity contribution in [1.82, 2.24) is 0 Å². The predicted octanol–water partition coefficient (Wildman–Crippen LogP) is 5.57. The SMILES string of the molecule is CCCCC(C)[C@@H](/C=C/[C@@H]1[C@H]2CC(C(CO)COCC(=O)OC)=C[C@H]2C[C@H]1OC1CCCCO1)OC1CCCCO1. The molecule has 2 heterocycles. The first-order valence-corrected chi connectivity index (χ1v) is 16.2. The molecule has 41 heavy (non-hydrogen) atoms. The summed E-state index contributed by atoms with van der Waals surface area (Å²) in [5, 5.41) is 10.1. The molecule has 8 heteroatoms. The smallest absolute Gasteiger partial charge is 0.331 e. The highest BCUT2D eigenvalue weighted by atomic mass is 16.7. The number of rotatable bonds is 16. The molecule has 0 radical (unpaired) electrons. The number of unbranched alkanes of at least 4 members (excludes halogenated alkanes) is 1. The average molecular weight is 579 g/mol. The number of carbonyl (C=O) groups excluding carboxylic acids is 1. The number of hydrogen-bond acceptors (Lipinski definition) is 8. The minimum atomic E-state index is -0.405. The number of ether oxygens (including phenoxy) is 6. The van der Waals surface area contributed by atoms with Crippen LogP contribution in [-0.4, -0.2) is 76.0 Å². The number of aliphatic hydroxyl groups is 1. The van der Waals surface area contributed by atoms with Crippen LogP contribution in [0.15, 0.2) is 23.8 Å². The van der Waals surface area contributed by atoms with Gasteiger partial charge < -0.3 is 33.5 Å². The van der Waals surface area contributed by atoms with Gasteiger partial charge in [-0.05, 0) is 75.5 Å². The molecule has 8 nitrogen and oxygen atoms in total. The molecule has 9 atom stereocenters. The fourth-order valence-corrected chi connectivity index (χ4v) is 6.90. The lowest BCUT2D eigenvalue weighted by Crippen LogP contribution is -2.32. The molecule has 0 aromatic carbocycles. The molecule has 4 unspecified atom stereocenters. The van der Waals surface area contributed by atoms with Crippen molar-refractivity contribution >= 4 is 5.97 Å². The van der Waals surface area contributed by atoms with E-state index in [9.17, 15) is 9.90 Å². The van der Waals surface area contributed by atoms with Gasteiger partial charge in [-0.3, -0.25) is 0 Å². The van der Waals surface area contributed by atoms with Gasteiger partial charge in [0.1, 0.15) is 6.61 Å². The number of fused-ring (bicyclic) bond motifs is 1. The second kappa shape index (κ2) is 17.1. The summed E-state index contributed by atoms with van der Waals surface area (Å²) in [5.74, 6) is 0.870. The Morgan fingerprint density at radius 1 is 1.15 bits per heavy atom. The molecule has 234 valence electrons. The molecule has 0 bridgehead atoms. The zero-order chi connectivity index (χ0) is 29.0. The fraction of sp³-hybridized carbons (Fsp3) is 0.848. The van der Waals surface area contributed by atoms with Crippen LogP contribution in [0.25, 0.3) is 0 Å². The van der Waals surface area contributed by atoms with Gasteiger partial charge >= 0.3 is 5.97 Å². The molecule has 2 aliphatic carbocycles. The van der Waals surface area contributed by atoms with Gasteiger partial charge in [-0.1, -0.05) is 50.5 Å². The number of methoxy groups -OCH3 is 1. The van der Waals surface area contributed by atoms with Crippen LogP contribution in [-0.2, 0) is 33.2 Å². The van der Waals surface area contributed by atoms with E-state index >= 15 is 0 Å². The first-order chi connectivity index (χ1) is 20.0. The van der Waals surface area contributed by atoms with Crippen molar-refractivity contribution in [1.29, 1.82) is 0 Å². The molecule has 4 aliphatic rings. The molecule has 0 spiro atoms. The Morgan fingerprint density at radius 2 is 1.90 bits per heavy atom. The highest BCUT2D eigenvalue weighted by molar-refractivity contribution is 5.70. The maximum atomic E-state index is 11.5. The lowest BCUT2D eigenvalue weighted by molar-refractivity contribution is -0.193. The zero-order valence-corrected chi connectivity index (χ0v) is 25.5. The van der Waals surface area contributed by atoms with Crippen molar-refractivity contribution in [3.8, 4) is 0 Å². The van der Waals surface area contributed by atoms with Gasteiger partial charge in [0.2, 0.25) is 0 Å². The standard InChI is InChI=1S/C33H54O8/c1-4-5-10-23(2)29(40-32-11-6-8-15-38-32)14-13-27-28-18-24(26(20-34)21-37-22-31(35)36-3)17-25(28)19-30(27)41-33-12-7-9-16-39-33/h13-14,17,23,25-30,32-34H,4-12,15-16,18-22H2,1-3H3/b14-13+/t23?,25-,26?,27+,28-,29+,30+,32?,33?/m0/s1. The number of hydrogen-bond donors (Lipinski definition) is 1. The van der Waals surface area contributed by atoms with E-state index in [1.165, 1.54) is 25.5 Å². The Labute approximate surface area is 247 Å². The Morgan fingerprint density at radius 3 is 2.56 bits per heavy atom. The number of carbonyl (C=O) groups is 1. The molecule has 0 amide bonds. The van der Waals surface area contributed by atoms with Crippen molar-refractivity contribution in [3.63, 3.8) is 0 Å². The first-order valence-electron chi connectivity index (χ1n) is 16.2. The second-order valence-corrected chi connectivity index (χ2v) is 12.4. The summed E-state index contributed by atoms with van der Waals surface area (Å²) < 4.78 is 35.4. The highest BCUT2D eigenvalue weighted by Crippen LogP contribution is 2.50. The van der Waals surface area contributed by atoms with E-state index in [1.54, 1.807) is 0 Å². The largest absolute Gasteiger partial charge is 0.467 e. The minimum Gasteiger partial charge on any atom is -0.467 e. The quantitative estimate of drug-likeness (QED) is 0.188. The van der Waals surface area contributed by atoms with Gasteiger partial charge in [0, 0.05) is 25.0 Å². The van der Waals surface area contributed by atoms with Crippen LogP contribution in [0, 0.1) is 29.6 Å². The van der Waals surface area contributed by atoms with Crippen molar-refractivity contribution < 1.29 is 38.3 Å². The molecular weight excluding hydrogens is 524 g/mol. The maximum absolute atomic E-state index is 11.5. The molecule has 0 aromatic rings. The van der Waals surface area contributed by atoms with Crippen LogP contribution < -0.4 is 0 Å². The van der Waals surface area contributed by atoms with Crippen LogP contribution >= 0.6 is 0 Å². The summed E-state index contributed by atoms with van der Waals surface area (Å²) in [6.45, 7) is 6.28. The van der Waals surface area contributed by atoms with E-state index in [-0.39, 0.29) is 49.8 Å². The predicted molar refractivity (Wildman–Crippen MR) is 156 cm³/mol. The average Bonchev–Trinajstić information content (AvgIpc) is 3.54. The maximum Gasteiger partial charge on any atom is 0.331 e. The van der Waals surface area contributed by atoms with E-state index in [0.717, 1.165) is 71.0 Å². The summed E-state index contributed by atoms with van der Waals surface area (Å²) in [4.78, 5) is 11.5. The van der Waals surface area contributed by atoms with Gasteiger partial charge in [-0.25, -0.2) is 4.79 Å². The minimum absolute atomic E-state index is 0.000949. The number of allylic oxidation sites excluding steroid dienone is 1. The molecular formula is C33H54O8. The van der Waals surface area contributed by atoms with Crippen LogP contribution in [0.3, 0.4) is 0 Å². The highest BCUT2D eigenvalue weighted by Gasteiger charge is 2.46. The lowest BCUT2D eigenvalue weighted by Gasteiger charge is -2.31. The topological polar surface area (TPSA) is 92.7 Å². The summed E-state index contributed by atoms with van der Waals surface area (Å²) >= 11 is 0. The van der Waals surface area contributed by atoms with Crippen LogP contribution in [0.2, 0.25) is 0 Å². The van der Waals surface area contributed by atoms with Crippen LogP contribution in [0.4, 0.5) is 0 Å². The molecule has 3 fully saturated rings. The molecule has 2 saturated heterocycles. The van der Waals surface area contributed by atoms with Crippen molar-refractivity contribution in [2.75, 3.05) is 40.1 Å². The Bertz CT molecular complexity index is 831. The fourth-order valence-electron chi connectivity index (χ4n) is 6.90. The van der Waals surface area contributed by atoms with E-state index in [1.807, 2.05) is 0 Å². The Kier molecular flexibility index (Phi) is 13.6.